The lowest BCUT2D eigenvalue weighted by Crippen LogP contribution is -2.41. The van der Waals surface area contributed by atoms with E-state index in [1.165, 1.54) is 7.11 Å². The van der Waals surface area contributed by atoms with Crippen molar-refractivity contribution in [2.45, 2.75) is 25.8 Å². The number of para-hydroxylation sites is 2. The van der Waals surface area contributed by atoms with Gasteiger partial charge in [-0.3, -0.25) is 9.59 Å². The van der Waals surface area contributed by atoms with Crippen LogP contribution in [0.25, 0.3) is 0 Å². The molecule has 1 aliphatic rings. The van der Waals surface area contributed by atoms with Crippen LogP contribution in [0, 0.1) is 5.92 Å². The monoisotopic (exact) mass is 321 g/mol. The molecule has 6 heteroatoms. The second-order valence-corrected chi connectivity index (χ2v) is 5.64. The average molecular weight is 321 g/mol. The summed E-state index contributed by atoms with van der Waals surface area (Å²) in [7, 11) is 2.91. The zero-order chi connectivity index (χ0) is 16.8. The minimum atomic E-state index is -0.351. The molecule has 0 aromatic heterocycles. The number of nitrogens with zero attached hydrogens (tertiary/aromatic N) is 1. The standard InChI is InChI=1S/C17H23NO5/c1-12(17(20)22-3)10-18(13-8-9-13)16(19)11-23-15-7-5-4-6-14(15)21-2/h4-7,12-13H,8-11H2,1-3H3. The quantitative estimate of drug-likeness (QED) is 0.684. The first-order valence-electron chi connectivity index (χ1n) is 7.70. The van der Waals surface area contributed by atoms with E-state index in [1.54, 1.807) is 31.1 Å². The molecule has 1 aromatic carbocycles. The van der Waals surface area contributed by atoms with Crippen molar-refractivity contribution in [3.8, 4) is 11.5 Å². The van der Waals surface area contributed by atoms with Crippen LogP contribution in [0.15, 0.2) is 24.3 Å². The Bertz CT molecular complexity index is 556. The molecular weight excluding hydrogens is 298 g/mol. The lowest BCUT2D eigenvalue weighted by atomic mass is 10.1. The van der Waals surface area contributed by atoms with E-state index in [0.717, 1.165) is 12.8 Å². The first kappa shape index (κ1) is 17.1. The number of amides is 1. The van der Waals surface area contributed by atoms with Gasteiger partial charge in [0.05, 0.1) is 20.1 Å². The minimum absolute atomic E-state index is 0.0786. The Hall–Kier alpha value is -2.24. The van der Waals surface area contributed by atoms with Gasteiger partial charge in [-0.2, -0.15) is 0 Å². The Kier molecular flexibility index (Phi) is 5.84. The van der Waals surface area contributed by atoms with Crippen LogP contribution in [0.4, 0.5) is 0 Å². The molecule has 1 unspecified atom stereocenters. The highest BCUT2D eigenvalue weighted by atomic mass is 16.5. The van der Waals surface area contributed by atoms with Gasteiger partial charge in [0, 0.05) is 12.6 Å². The molecule has 0 N–H and O–H groups in total. The third-order valence-electron chi connectivity index (χ3n) is 3.80. The zero-order valence-corrected chi connectivity index (χ0v) is 13.8. The molecular formula is C17H23NO5. The van der Waals surface area contributed by atoms with Crippen LogP contribution in [0.2, 0.25) is 0 Å². The number of carbonyl (C=O) groups is 2. The molecule has 1 atom stereocenters. The first-order valence-corrected chi connectivity index (χ1v) is 7.70. The molecule has 0 radical (unpaired) electrons. The van der Waals surface area contributed by atoms with Crippen LogP contribution >= 0.6 is 0 Å². The van der Waals surface area contributed by atoms with Crippen molar-refractivity contribution in [3.63, 3.8) is 0 Å². The normalized spacial score (nSPS) is 14.7. The van der Waals surface area contributed by atoms with Crippen LogP contribution in [-0.2, 0) is 14.3 Å². The Labute approximate surface area is 136 Å². The molecule has 23 heavy (non-hydrogen) atoms. The summed E-state index contributed by atoms with van der Waals surface area (Å²) < 4.78 is 15.5. The smallest absolute Gasteiger partial charge is 0.310 e. The second-order valence-electron chi connectivity index (χ2n) is 5.64. The zero-order valence-electron chi connectivity index (χ0n) is 13.8. The third kappa shape index (κ3) is 4.61. The van der Waals surface area contributed by atoms with Crippen LogP contribution in [0.1, 0.15) is 19.8 Å². The molecule has 0 spiro atoms. The summed E-state index contributed by atoms with van der Waals surface area (Å²) in [6, 6.07) is 7.39. The van der Waals surface area contributed by atoms with Gasteiger partial charge in [0.25, 0.3) is 5.91 Å². The third-order valence-corrected chi connectivity index (χ3v) is 3.80. The van der Waals surface area contributed by atoms with Crippen molar-refractivity contribution >= 4 is 11.9 Å². The summed E-state index contributed by atoms with van der Waals surface area (Å²) >= 11 is 0. The van der Waals surface area contributed by atoms with Gasteiger partial charge >= 0.3 is 5.97 Å². The predicted molar refractivity (Wildman–Crippen MR) is 84.4 cm³/mol. The molecule has 1 saturated carbocycles. The van der Waals surface area contributed by atoms with E-state index < -0.39 is 0 Å². The second kappa shape index (κ2) is 7.85. The number of esters is 1. The van der Waals surface area contributed by atoms with E-state index in [0.29, 0.717) is 18.0 Å². The molecule has 2 rings (SSSR count). The molecule has 0 heterocycles. The van der Waals surface area contributed by atoms with Gasteiger partial charge in [-0.1, -0.05) is 19.1 Å². The predicted octanol–water partition coefficient (Wildman–Crippen LogP) is 1.87. The van der Waals surface area contributed by atoms with Crippen LogP contribution in [-0.4, -0.2) is 50.2 Å². The molecule has 6 nitrogen and oxygen atoms in total. The fourth-order valence-electron chi connectivity index (χ4n) is 2.37. The summed E-state index contributed by atoms with van der Waals surface area (Å²) in [5.74, 6) is 0.320. The fraction of sp³-hybridized carbons (Fsp3) is 0.529. The van der Waals surface area contributed by atoms with Crippen molar-refractivity contribution in [2.75, 3.05) is 27.4 Å². The summed E-state index contributed by atoms with van der Waals surface area (Å²) in [6.07, 6.45) is 1.93. The molecule has 1 amide bonds. The maximum atomic E-state index is 12.5. The fourth-order valence-corrected chi connectivity index (χ4v) is 2.37. The topological polar surface area (TPSA) is 65.1 Å². The van der Waals surface area contributed by atoms with Crippen molar-refractivity contribution < 1.29 is 23.8 Å². The Balaban J connectivity index is 1.95. The highest BCUT2D eigenvalue weighted by Gasteiger charge is 2.34. The SMILES string of the molecule is COC(=O)C(C)CN(C(=O)COc1ccccc1OC)C1CC1. The van der Waals surface area contributed by atoms with E-state index in [-0.39, 0.29) is 30.4 Å². The van der Waals surface area contributed by atoms with E-state index >= 15 is 0 Å². The summed E-state index contributed by atoms with van der Waals surface area (Å²) in [4.78, 5) is 25.7. The number of carbonyl (C=O) groups excluding carboxylic acids is 2. The maximum absolute atomic E-state index is 12.5. The van der Waals surface area contributed by atoms with E-state index in [2.05, 4.69) is 0 Å². The number of hydrogen-bond acceptors (Lipinski definition) is 5. The number of hydrogen-bond donors (Lipinski definition) is 0. The van der Waals surface area contributed by atoms with Crippen molar-refractivity contribution in [2.24, 2.45) is 5.92 Å². The maximum Gasteiger partial charge on any atom is 0.310 e. The van der Waals surface area contributed by atoms with Gasteiger partial charge in [0.15, 0.2) is 18.1 Å². The Morgan fingerprint density at radius 1 is 1.22 bits per heavy atom. The van der Waals surface area contributed by atoms with Gasteiger partial charge in [-0.15, -0.1) is 0 Å². The van der Waals surface area contributed by atoms with E-state index in [1.807, 2.05) is 12.1 Å². The van der Waals surface area contributed by atoms with Crippen LogP contribution in [0.3, 0.4) is 0 Å². The van der Waals surface area contributed by atoms with Gasteiger partial charge in [-0.25, -0.2) is 0 Å². The summed E-state index contributed by atoms with van der Waals surface area (Å²) in [6.45, 7) is 2.03. The number of benzene rings is 1. The van der Waals surface area contributed by atoms with Crippen molar-refractivity contribution in [3.05, 3.63) is 24.3 Å². The highest BCUT2D eigenvalue weighted by molar-refractivity contribution is 5.80. The van der Waals surface area contributed by atoms with Gasteiger partial charge < -0.3 is 19.1 Å². The van der Waals surface area contributed by atoms with E-state index in [9.17, 15) is 9.59 Å². The lowest BCUT2D eigenvalue weighted by Gasteiger charge is -2.25. The van der Waals surface area contributed by atoms with Crippen molar-refractivity contribution in [1.82, 2.24) is 4.90 Å². The first-order chi connectivity index (χ1) is 11.1. The number of methoxy groups -OCH3 is 2. The lowest BCUT2D eigenvalue weighted by molar-refractivity contribution is -0.146. The van der Waals surface area contributed by atoms with E-state index in [4.69, 9.17) is 14.2 Å². The number of ether oxygens (including phenoxy) is 3. The molecule has 1 aromatic rings. The molecule has 1 aliphatic carbocycles. The molecule has 0 aliphatic heterocycles. The summed E-state index contributed by atoms with van der Waals surface area (Å²) in [5, 5.41) is 0. The van der Waals surface area contributed by atoms with Gasteiger partial charge in [-0.05, 0) is 25.0 Å². The van der Waals surface area contributed by atoms with Crippen molar-refractivity contribution in [1.29, 1.82) is 0 Å². The van der Waals surface area contributed by atoms with Crippen LogP contribution in [0.5, 0.6) is 11.5 Å². The highest BCUT2D eigenvalue weighted by Crippen LogP contribution is 2.29. The Morgan fingerprint density at radius 2 is 1.87 bits per heavy atom. The minimum Gasteiger partial charge on any atom is -0.493 e. The Morgan fingerprint density at radius 3 is 2.43 bits per heavy atom. The molecule has 0 saturated heterocycles. The van der Waals surface area contributed by atoms with Crippen LogP contribution < -0.4 is 9.47 Å². The largest absolute Gasteiger partial charge is 0.493 e. The van der Waals surface area contributed by atoms with Gasteiger partial charge in [0.2, 0.25) is 0 Å². The molecule has 126 valence electrons. The molecule has 0 bridgehead atoms. The number of rotatable bonds is 8. The summed E-state index contributed by atoms with van der Waals surface area (Å²) in [5.41, 5.74) is 0. The van der Waals surface area contributed by atoms with Gasteiger partial charge in [0.1, 0.15) is 0 Å². The average Bonchev–Trinajstić information content (AvgIpc) is 3.41. The molecule has 1 fully saturated rings.